The van der Waals surface area contributed by atoms with E-state index < -0.39 is 39.9 Å². The molecule has 3 N–H and O–H groups in total. The van der Waals surface area contributed by atoms with Crippen molar-refractivity contribution in [3.8, 4) is 0 Å². The van der Waals surface area contributed by atoms with Gasteiger partial charge in [-0.1, -0.05) is 0 Å². The molecule has 0 radical (unpaired) electrons. The molecule has 3 rings (SSSR count). The van der Waals surface area contributed by atoms with Crippen LogP contribution in [-0.4, -0.2) is 24.5 Å². The third-order valence-corrected chi connectivity index (χ3v) is 3.61. The molecule has 0 amide bonds. The van der Waals surface area contributed by atoms with Crippen molar-refractivity contribution in [1.82, 2.24) is 9.97 Å². The maximum absolute atomic E-state index is 14.3. The molecule has 0 fully saturated rings. The first kappa shape index (κ1) is 15.3. The van der Waals surface area contributed by atoms with Gasteiger partial charge < -0.3 is 4.98 Å². The van der Waals surface area contributed by atoms with E-state index in [9.17, 15) is 17.8 Å². The van der Waals surface area contributed by atoms with Gasteiger partial charge >= 0.3 is 0 Å². The van der Waals surface area contributed by atoms with Crippen LogP contribution in [0, 0.1) is 11.6 Å². The molecule has 1 atom stereocenters. The van der Waals surface area contributed by atoms with Gasteiger partial charge in [-0.2, -0.15) is 0 Å². The molecule has 2 heterocycles. The second kappa shape index (κ2) is 5.86. The number of benzene rings is 1. The summed E-state index contributed by atoms with van der Waals surface area (Å²) in [7, 11) is 0. The summed E-state index contributed by atoms with van der Waals surface area (Å²) in [5, 5.41) is 0.417. The molecular weight excluding hydrogens is 328 g/mol. The molecule has 0 spiro atoms. The molecule has 0 aliphatic rings. The number of hydrogen-bond donors (Lipinski definition) is 3. The maximum atomic E-state index is 14.3. The molecule has 1 unspecified atom stereocenters. The maximum Gasteiger partial charge on any atom is 0.259 e. The number of aromatic amines is 1. The second-order valence-electron chi connectivity index (χ2n) is 4.57. The summed E-state index contributed by atoms with van der Waals surface area (Å²) in [5.41, 5.74) is -0.811. The van der Waals surface area contributed by atoms with E-state index in [1.165, 1.54) is 12.4 Å². The Morgan fingerprint density at radius 3 is 2.83 bits per heavy atom. The summed E-state index contributed by atoms with van der Waals surface area (Å²) >= 11 is -2.55. The van der Waals surface area contributed by atoms with Crippen LogP contribution in [0.15, 0.2) is 36.7 Å². The van der Waals surface area contributed by atoms with Crippen molar-refractivity contribution in [2.75, 3.05) is 4.72 Å². The predicted octanol–water partition coefficient (Wildman–Crippen LogP) is 2.62. The number of carbonyl (C=O) groups excluding carboxylic acids is 1. The van der Waals surface area contributed by atoms with Crippen LogP contribution >= 0.6 is 0 Å². The zero-order valence-corrected chi connectivity index (χ0v) is 12.2. The monoisotopic (exact) mass is 337 g/mol. The number of rotatable bonds is 4. The van der Waals surface area contributed by atoms with Crippen LogP contribution < -0.4 is 4.72 Å². The first-order valence-corrected chi connectivity index (χ1v) is 7.42. The fourth-order valence-electron chi connectivity index (χ4n) is 2.21. The summed E-state index contributed by atoms with van der Waals surface area (Å²) in [4.78, 5) is 19.2. The van der Waals surface area contributed by atoms with E-state index in [0.29, 0.717) is 11.0 Å². The quantitative estimate of drug-likeness (QED) is 0.504. The molecule has 3 aromatic rings. The molecule has 0 aliphatic carbocycles. The average Bonchev–Trinajstić information content (AvgIpc) is 2.94. The molecule has 1 aromatic carbocycles. The number of anilines is 1. The summed E-state index contributed by atoms with van der Waals surface area (Å²) in [6.45, 7) is 0. The van der Waals surface area contributed by atoms with Crippen LogP contribution in [0.5, 0.6) is 0 Å². The Balaban J connectivity index is 2.14. The summed E-state index contributed by atoms with van der Waals surface area (Å²) in [6.07, 6.45) is 2.82. The van der Waals surface area contributed by atoms with E-state index >= 15 is 0 Å². The zero-order chi connectivity index (χ0) is 16.6. The highest BCUT2D eigenvalue weighted by Crippen LogP contribution is 2.26. The fraction of sp³-hybridized carbons (Fsp3) is 0. The summed E-state index contributed by atoms with van der Waals surface area (Å²) in [5.74, 6) is -3.21. The highest BCUT2D eigenvalue weighted by atomic mass is 32.2. The van der Waals surface area contributed by atoms with Gasteiger partial charge in [0.1, 0.15) is 11.5 Å². The van der Waals surface area contributed by atoms with Gasteiger partial charge in [0.05, 0.1) is 11.3 Å². The standard InChI is InChI=1S/C14H9F2N3O3S/c15-9-3-4-10(19-23(21)22)12(16)11(9)13(20)8-6-18-14-7(8)2-1-5-17-14/h1-6,19H,(H,17,18)(H,21,22). The Kier molecular flexibility index (Phi) is 3.89. The number of fused-ring (bicyclic) bond motifs is 1. The van der Waals surface area contributed by atoms with E-state index in [2.05, 4.69) is 9.97 Å². The largest absolute Gasteiger partial charge is 0.345 e. The van der Waals surface area contributed by atoms with Crippen LogP contribution in [0.2, 0.25) is 0 Å². The molecule has 0 aliphatic heterocycles. The van der Waals surface area contributed by atoms with Crippen molar-refractivity contribution in [2.45, 2.75) is 0 Å². The molecule has 0 bridgehead atoms. The van der Waals surface area contributed by atoms with Gasteiger partial charge in [0.2, 0.25) is 5.78 Å². The molecular formula is C14H9F2N3O3S. The van der Waals surface area contributed by atoms with Crippen molar-refractivity contribution in [3.05, 3.63) is 59.4 Å². The lowest BCUT2D eigenvalue weighted by molar-refractivity contribution is 0.103. The number of hydrogen-bond acceptors (Lipinski definition) is 3. The minimum absolute atomic E-state index is 0.0492. The van der Waals surface area contributed by atoms with E-state index in [1.54, 1.807) is 12.1 Å². The van der Waals surface area contributed by atoms with Gasteiger partial charge in [-0.15, -0.1) is 0 Å². The number of aromatic nitrogens is 2. The Hall–Kier alpha value is -2.65. The van der Waals surface area contributed by atoms with Crippen LogP contribution in [-0.2, 0) is 11.3 Å². The van der Waals surface area contributed by atoms with Crippen molar-refractivity contribution < 1.29 is 22.3 Å². The number of nitrogens with one attached hydrogen (secondary N) is 2. The first-order chi connectivity index (χ1) is 11.0. The fourth-order valence-corrected chi connectivity index (χ4v) is 2.56. The lowest BCUT2D eigenvalue weighted by atomic mass is 10.0. The molecule has 118 valence electrons. The minimum atomic E-state index is -2.55. The Morgan fingerprint density at radius 1 is 1.30 bits per heavy atom. The molecule has 6 nitrogen and oxygen atoms in total. The van der Waals surface area contributed by atoms with Crippen molar-refractivity contribution >= 4 is 33.8 Å². The highest BCUT2D eigenvalue weighted by Gasteiger charge is 2.24. The number of ketones is 1. The topological polar surface area (TPSA) is 95.1 Å². The lowest BCUT2D eigenvalue weighted by Crippen LogP contribution is -2.11. The number of nitrogens with zero attached hydrogens (tertiary/aromatic N) is 1. The van der Waals surface area contributed by atoms with E-state index in [1.807, 2.05) is 4.72 Å². The smallest absolute Gasteiger partial charge is 0.259 e. The Labute approximate surface area is 131 Å². The molecule has 23 heavy (non-hydrogen) atoms. The van der Waals surface area contributed by atoms with Gasteiger partial charge in [-0.3, -0.25) is 14.1 Å². The molecule has 0 saturated heterocycles. The number of H-pyrrole nitrogens is 1. The van der Waals surface area contributed by atoms with Gasteiger partial charge in [-0.25, -0.2) is 18.0 Å². The average molecular weight is 337 g/mol. The number of pyridine rings is 1. The van der Waals surface area contributed by atoms with Gasteiger partial charge in [-0.05, 0) is 24.3 Å². The van der Waals surface area contributed by atoms with Crippen molar-refractivity contribution in [3.63, 3.8) is 0 Å². The molecule has 2 aromatic heterocycles. The van der Waals surface area contributed by atoms with E-state index in [0.717, 1.165) is 12.1 Å². The SMILES string of the molecule is O=C(c1c(F)ccc(NS(=O)O)c1F)c1c[nH]c2ncccc12. The van der Waals surface area contributed by atoms with Crippen molar-refractivity contribution in [1.29, 1.82) is 0 Å². The predicted molar refractivity (Wildman–Crippen MR) is 80.3 cm³/mol. The van der Waals surface area contributed by atoms with Crippen LogP contribution in [0.25, 0.3) is 11.0 Å². The third kappa shape index (κ3) is 2.71. The van der Waals surface area contributed by atoms with E-state index in [-0.39, 0.29) is 5.56 Å². The molecule has 9 heteroatoms. The van der Waals surface area contributed by atoms with E-state index in [4.69, 9.17) is 4.55 Å². The van der Waals surface area contributed by atoms with Crippen LogP contribution in [0.4, 0.5) is 14.5 Å². The third-order valence-electron chi connectivity index (χ3n) is 3.21. The Bertz CT molecular complexity index is 942. The Morgan fingerprint density at radius 2 is 2.09 bits per heavy atom. The number of carbonyl (C=O) groups is 1. The van der Waals surface area contributed by atoms with Gasteiger partial charge in [0.15, 0.2) is 5.82 Å². The zero-order valence-electron chi connectivity index (χ0n) is 11.3. The summed E-state index contributed by atoms with van der Waals surface area (Å²) < 4.78 is 49.7. The van der Waals surface area contributed by atoms with Crippen LogP contribution in [0.1, 0.15) is 15.9 Å². The normalized spacial score (nSPS) is 12.3. The van der Waals surface area contributed by atoms with Gasteiger partial charge in [0.25, 0.3) is 11.3 Å². The molecule has 0 saturated carbocycles. The second-order valence-corrected chi connectivity index (χ2v) is 5.27. The van der Waals surface area contributed by atoms with Gasteiger partial charge in [0, 0.05) is 23.3 Å². The highest BCUT2D eigenvalue weighted by molar-refractivity contribution is 7.80. The van der Waals surface area contributed by atoms with Crippen LogP contribution in [0.3, 0.4) is 0 Å². The number of halogens is 2. The summed E-state index contributed by atoms with van der Waals surface area (Å²) in [6, 6.07) is 4.96. The minimum Gasteiger partial charge on any atom is -0.345 e. The van der Waals surface area contributed by atoms with Crippen molar-refractivity contribution in [2.24, 2.45) is 0 Å². The lowest BCUT2D eigenvalue weighted by Gasteiger charge is -2.08. The first-order valence-electron chi connectivity index (χ1n) is 6.31.